The second-order valence-corrected chi connectivity index (χ2v) is 4.66. The lowest BCUT2D eigenvalue weighted by Crippen LogP contribution is -2.38. The molecule has 0 fully saturated rings. The van der Waals surface area contributed by atoms with Crippen LogP contribution in [0.4, 0.5) is 0 Å². The maximum absolute atomic E-state index is 11.6. The van der Waals surface area contributed by atoms with E-state index in [0.29, 0.717) is 0 Å². The number of likely N-dealkylation sites (N-methyl/N-ethyl adjacent to an activating group) is 1. The number of esters is 1. The van der Waals surface area contributed by atoms with Gasteiger partial charge in [0, 0.05) is 6.08 Å². The smallest absolute Gasteiger partial charge is 0.330 e. The second-order valence-electron chi connectivity index (χ2n) is 4.66. The Kier molecular flexibility index (Phi) is 10.0. The summed E-state index contributed by atoms with van der Waals surface area (Å²) < 4.78 is 5.55. The van der Waals surface area contributed by atoms with Crippen molar-refractivity contribution in [2.24, 2.45) is 0 Å². The lowest BCUT2D eigenvalue weighted by molar-refractivity contribution is -0.147. The first-order valence-electron chi connectivity index (χ1n) is 7.29. The van der Waals surface area contributed by atoms with Crippen LogP contribution in [-0.4, -0.2) is 30.1 Å². The van der Waals surface area contributed by atoms with Crippen LogP contribution >= 0.6 is 17.0 Å². The van der Waals surface area contributed by atoms with Gasteiger partial charge in [0.1, 0.15) is 6.10 Å². The number of nitrogens with zero attached hydrogens (tertiary/aromatic N) is 1. The number of rotatable bonds is 8. The number of ether oxygens (including phenoxy) is 1. The van der Waals surface area contributed by atoms with Gasteiger partial charge in [-0.25, -0.2) is 4.79 Å². The molecule has 0 bridgehead atoms. The SMILES string of the molecule is Br.C=CC(=O)OC(CC)C(c1ccccc1)N(CC)CC. The Hall–Kier alpha value is -1.13. The first kappa shape index (κ1) is 19.9. The molecule has 0 saturated heterocycles. The van der Waals surface area contributed by atoms with Crippen LogP contribution in [0, 0.1) is 0 Å². The minimum absolute atomic E-state index is 0. The van der Waals surface area contributed by atoms with Crippen molar-refractivity contribution in [3.8, 4) is 0 Å². The Balaban J connectivity index is 0.00000400. The summed E-state index contributed by atoms with van der Waals surface area (Å²) in [5.74, 6) is -0.357. The zero-order valence-electron chi connectivity index (χ0n) is 13.1. The van der Waals surface area contributed by atoms with Gasteiger partial charge in [0.15, 0.2) is 0 Å². The number of halogens is 1. The largest absolute Gasteiger partial charge is 0.457 e. The molecule has 0 aromatic heterocycles. The van der Waals surface area contributed by atoms with Crippen molar-refractivity contribution in [1.82, 2.24) is 4.90 Å². The first-order valence-corrected chi connectivity index (χ1v) is 7.29. The molecule has 0 saturated carbocycles. The zero-order chi connectivity index (χ0) is 15.0. The number of carbonyl (C=O) groups is 1. The number of hydrogen-bond acceptors (Lipinski definition) is 3. The van der Waals surface area contributed by atoms with E-state index in [1.807, 2.05) is 25.1 Å². The van der Waals surface area contributed by atoms with Crippen LogP contribution in [0.2, 0.25) is 0 Å². The highest BCUT2D eigenvalue weighted by atomic mass is 79.9. The fourth-order valence-corrected chi connectivity index (χ4v) is 2.50. The Bertz CT molecular complexity index is 418. The summed E-state index contributed by atoms with van der Waals surface area (Å²) in [6, 6.07) is 10.3. The number of hydrogen-bond donors (Lipinski definition) is 0. The summed E-state index contributed by atoms with van der Waals surface area (Å²) in [7, 11) is 0. The molecule has 0 heterocycles. The van der Waals surface area contributed by atoms with Crippen molar-refractivity contribution in [1.29, 1.82) is 0 Å². The Labute approximate surface area is 138 Å². The summed E-state index contributed by atoms with van der Waals surface area (Å²) in [6.45, 7) is 11.6. The number of carbonyl (C=O) groups excluding carboxylic acids is 1. The van der Waals surface area contributed by atoms with Crippen molar-refractivity contribution in [3.63, 3.8) is 0 Å². The lowest BCUT2D eigenvalue weighted by atomic mass is 9.97. The molecular formula is C17H26BrNO2. The molecule has 0 radical (unpaired) electrons. The molecule has 0 aliphatic rings. The maximum atomic E-state index is 11.6. The van der Waals surface area contributed by atoms with E-state index in [1.54, 1.807) is 0 Å². The van der Waals surface area contributed by atoms with Crippen molar-refractivity contribution >= 4 is 23.0 Å². The summed E-state index contributed by atoms with van der Waals surface area (Å²) in [6.07, 6.45) is 1.84. The standard InChI is InChI=1S/C17H25NO2.BrH/c1-5-15(20-16(19)6-2)17(18(7-3)8-4)14-12-10-9-11-13-14;/h6,9-13,15,17H,2,5,7-8H2,1,3-4H3;1H. The van der Waals surface area contributed by atoms with Crippen LogP contribution in [0.5, 0.6) is 0 Å². The van der Waals surface area contributed by atoms with Crippen LogP contribution in [-0.2, 0) is 9.53 Å². The highest BCUT2D eigenvalue weighted by Gasteiger charge is 2.28. The van der Waals surface area contributed by atoms with Crippen LogP contribution in [0.15, 0.2) is 43.0 Å². The van der Waals surface area contributed by atoms with Gasteiger partial charge in [0.2, 0.25) is 0 Å². The average Bonchev–Trinajstić information content (AvgIpc) is 2.51. The van der Waals surface area contributed by atoms with Gasteiger partial charge in [-0.15, -0.1) is 17.0 Å². The van der Waals surface area contributed by atoms with Crippen molar-refractivity contribution < 1.29 is 9.53 Å². The fourth-order valence-electron chi connectivity index (χ4n) is 2.50. The van der Waals surface area contributed by atoms with Crippen LogP contribution < -0.4 is 0 Å². The van der Waals surface area contributed by atoms with Crippen LogP contribution in [0.1, 0.15) is 38.8 Å². The van der Waals surface area contributed by atoms with E-state index in [4.69, 9.17) is 4.74 Å². The van der Waals surface area contributed by atoms with Crippen molar-refractivity contribution in [2.75, 3.05) is 13.1 Å². The molecule has 0 spiro atoms. The molecule has 4 heteroatoms. The van der Waals surface area contributed by atoms with Gasteiger partial charge < -0.3 is 4.74 Å². The second kappa shape index (κ2) is 10.6. The summed E-state index contributed by atoms with van der Waals surface area (Å²) in [4.78, 5) is 13.9. The van der Waals surface area contributed by atoms with Gasteiger partial charge in [0.05, 0.1) is 6.04 Å². The van der Waals surface area contributed by atoms with E-state index in [1.165, 1.54) is 11.6 Å². The average molecular weight is 356 g/mol. The highest BCUT2D eigenvalue weighted by molar-refractivity contribution is 8.93. The molecule has 2 unspecified atom stereocenters. The quantitative estimate of drug-likeness (QED) is 0.518. The molecule has 2 atom stereocenters. The Morgan fingerprint density at radius 3 is 2.24 bits per heavy atom. The predicted octanol–water partition coefficient (Wildman–Crippen LogP) is 4.16. The maximum Gasteiger partial charge on any atom is 0.330 e. The topological polar surface area (TPSA) is 29.5 Å². The van der Waals surface area contributed by atoms with E-state index in [2.05, 4.69) is 37.5 Å². The molecule has 3 nitrogen and oxygen atoms in total. The van der Waals surface area contributed by atoms with E-state index in [0.717, 1.165) is 19.5 Å². The molecule has 118 valence electrons. The van der Waals surface area contributed by atoms with Gasteiger partial charge in [0.25, 0.3) is 0 Å². The van der Waals surface area contributed by atoms with E-state index >= 15 is 0 Å². The molecule has 0 N–H and O–H groups in total. The van der Waals surface area contributed by atoms with Gasteiger partial charge in [-0.05, 0) is 25.1 Å². The monoisotopic (exact) mass is 355 g/mol. The molecule has 0 aliphatic carbocycles. The van der Waals surface area contributed by atoms with E-state index in [9.17, 15) is 4.79 Å². The summed E-state index contributed by atoms with van der Waals surface area (Å²) in [5, 5.41) is 0. The Morgan fingerprint density at radius 2 is 1.81 bits per heavy atom. The third-order valence-corrected chi connectivity index (χ3v) is 3.54. The zero-order valence-corrected chi connectivity index (χ0v) is 14.8. The van der Waals surface area contributed by atoms with Gasteiger partial charge in [-0.1, -0.05) is 57.7 Å². The van der Waals surface area contributed by atoms with E-state index < -0.39 is 0 Å². The highest BCUT2D eigenvalue weighted by Crippen LogP contribution is 2.28. The molecular weight excluding hydrogens is 330 g/mol. The van der Waals surface area contributed by atoms with Gasteiger partial charge in [-0.3, -0.25) is 4.90 Å². The van der Waals surface area contributed by atoms with Crippen molar-refractivity contribution in [3.05, 3.63) is 48.6 Å². The molecule has 1 rings (SSSR count). The minimum Gasteiger partial charge on any atom is -0.457 e. The molecule has 1 aromatic carbocycles. The normalized spacial score (nSPS) is 13.1. The lowest BCUT2D eigenvalue weighted by Gasteiger charge is -2.35. The third-order valence-electron chi connectivity index (χ3n) is 3.54. The van der Waals surface area contributed by atoms with Gasteiger partial charge >= 0.3 is 5.97 Å². The number of benzene rings is 1. The molecule has 1 aromatic rings. The van der Waals surface area contributed by atoms with Crippen LogP contribution in [0.3, 0.4) is 0 Å². The summed E-state index contributed by atoms with van der Waals surface area (Å²) >= 11 is 0. The molecule has 0 amide bonds. The van der Waals surface area contributed by atoms with Gasteiger partial charge in [-0.2, -0.15) is 0 Å². The third kappa shape index (κ3) is 5.64. The van der Waals surface area contributed by atoms with E-state index in [-0.39, 0.29) is 35.1 Å². The summed E-state index contributed by atoms with van der Waals surface area (Å²) in [5.41, 5.74) is 1.18. The molecule has 0 aliphatic heterocycles. The minimum atomic E-state index is -0.357. The van der Waals surface area contributed by atoms with Crippen molar-refractivity contribution in [2.45, 2.75) is 39.3 Å². The first-order chi connectivity index (χ1) is 9.67. The van der Waals surface area contributed by atoms with Crippen LogP contribution in [0.25, 0.3) is 0 Å². The Morgan fingerprint density at radius 1 is 1.24 bits per heavy atom. The predicted molar refractivity (Wildman–Crippen MR) is 92.8 cm³/mol. The molecule has 21 heavy (non-hydrogen) atoms. The fraction of sp³-hybridized carbons (Fsp3) is 0.471.